The molecule has 0 amide bonds. The molecular weight excluding hydrogens is 180 g/mol. The maximum Gasteiger partial charge on any atom is 0.00544 e. The van der Waals surface area contributed by atoms with Crippen LogP contribution in [0.15, 0.2) is 59.8 Å². The van der Waals surface area contributed by atoms with Crippen molar-refractivity contribution in [3.05, 3.63) is 59.8 Å². The average molecular weight is 196 g/mol. The van der Waals surface area contributed by atoms with Crippen LogP contribution in [0.4, 0.5) is 0 Å². The highest BCUT2D eigenvalue weighted by Crippen LogP contribution is 2.42. The first-order valence-electron chi connectivity index (χ1n) is 5.77. The molecule has 0 N–H and O–H groups in total. The van der Waals surface area contributed by atoms with Gasteiger partial charge < -0.3 is 0 Å². The van der Waals surface area contributed by atoms with Crippen molar-refractivity contribution in [3.8, 4) is 0 Å². The standard InChI is InChI=1S/C15H16/c1-11-5-4-8-14-9-12-6-2-3-7-13(12)10-15(11)14/h2-6,9,13,15H,1,7-8,10H2. The molecule has 0 radical (unpaired) electrons. The van der Waals surface area contributed by atoms with Gasteiger partial charge in [-0.15, -0.1) is 0 Å². The Balaban J connectivity index is 2.00. The molecule has 0 aromatic carbocycles. The second-order valence-electron chi connectivity index (χ2n) is 4.72. The van der Waals surface area contributed by atoms with Crippen molar-refractivity contribution in [3.63, 3.8) is 0 Å². The van der Waals surface area contributed by atoms with Gasteiger partial charge in [0, 0.05) is 5.92 Å². The Morgan fingerprint density at radius 1 is 1.27 bits per heavy atom. The van der Waals surface area contributed by atoms with E-state index >= 15 is 0 Å². The third-order valence-electron chi connectivity index (χ3n) is 3.77. The van der Waals surface area contributed by atoms with Crippen LogP contribution < -0.4 is 0 Å². The Hall–Kier alpha value is -1.30. The van der Waals surface area contributed by atoms with E-state index in [0.29, 0.717) is 5.92 Å². The third kappa shape index (κ3) is 1.45. The van der Waals surface area contributed by atoms with Crippen molar-refractivity contribution in [2.75, 3.05) is 0 Å². The Labute approximate surface area is 91.4 Å². The van der Waals surface area contributed by atoms with Crippen molar-refractivity contribution in [2.24, 2.45) is 11.8 Å². The van der Waals surface area contributed by atoms with E-state index in [2.05, 4.69) is 43.0 Å². The third-order valence-corrected chi connectivity index (χ3v) is 3.77. The molecule has 3 aliphatic rings. The molecule has 2 unspecified atom stereocenters. The van der Waals surface area contributed by atoms with Gasteiger partial charge in [0.25, 0.3) is 0 Å². The Bertz CT molecular complexity index is 415. The molecule has 3 aliphatic carbocycles. The molecule has 2 atom stereocenters. The van der Waals surface area contributed by atoms with Crippen LogP contribution in [0, 0.1) is 11.8 Å². The maximum absolute atomic E-state index is 4.17. The van der Waals surface area contributed by atoms with Crippen LogP contribution >= 0.6 is 0 Å². The molecule has 15 heavy (non-hydrogen) atoms. The van der Waals surface area contributed by atoms with Gasteiger partial charge in [0.2, 0.25) is 0 Å². The molecule has 0 aromatic heterocycles. The van der Waals surface area contributed by atoms with Crippen LogP contribution in [-0.2, 0) is 0 Å². The Kier molecular flexibility index (Phi) is 2.02. The number of fused-ring (bicyclic) bond motifs is 2. The zero-order chi connectivity index (χ0) is 10.3. The van der Waals surface area contributed by atoms with Gasteiger partial charge in [0.15, 0.2) is 0 Å². The lowest BCUT2D eigenvalue weighted by molar-refractivity contribution is 0.473. The van der Waals surface area contributed by atoms with Gasteiger partial charge in [0.1, 0.15) is 0 Å². The van der Waals surface area contributed by atoms with E-state index in [0.717, 1.165) is 12.3 Å². The highest BCUT2D eigenvalue weighted by molar-refractivity contribution is 5.44. The Morgan fingerprint density at radius 3 is 3.13 bits per heavy atom. The maximum atomic E-state index is 4.17. The van der Waals surface area contributed by atoms with Crippen LogP contribution in [-0.4, -0.2) is 0 Å². The summed E-state index contributed by atoms with van der Waals surface area (Å²) < 4.78 is 0. The number of hydrogen-bond donors (Lipinski definition) is 0. The monoisotopic (exact) mass is 196 g/mol. The van der Waals surface area contributed by atoms with Gasteiger partial charge in [-0.05, 0) is 36.3 Å². The highest BCUT2D eigenvalue weighted by atomic mass is 14.3. The van der Waals surface area contributed by atoms with Crippen LogP contribution in [0.1, 0.15) is 19.3 Å². The van der Waals surface area contributed by atoms with Gasteiger partial charge in [0.05, 0.1) is 0 Å². The molecule has 0 aliphatic heterocycles. The van der Waals surface area contributed by atoms with Crippen LogP contribution in [0.2, 0.25) is 0 Å². The topological polar surface area (TPSA) is 0 Å². The van der Waals surface area contributed by atoms with Crippen molar-refractivity contribution >= 4 is 0 Å². The smallest absolute Gasteiger partial charge is 0.00544 e. The van der Waals surface area contributed by atoms with E-state index in [1.165, 1.54) is 24.0 Å². The van der Waals surface area contributed by atoms with Crippen molar-refractivity contribution in [1.29, 1.82) is 0 Å². The molecule has 0 aromatic rings. The van der Waals surface area contributed by atoms with E-state index in [-0.39, 0.29) is 0 Å². The first-order valence-corrected chi connectivity index (χ1v) is 5.77. The number of rotatable bonds is 0. The molecule has 0 heterocycles. The summed E-state index contributed by atoms with van der Waals surface area (Å²) in [5.41, 5.74) is 4.41. The predicted molar refractivity (Wildman–Crippen MR) is 64.4 cm³/mol. The summed E-state index contributed by atoms with van der Waals surface area (Å²) >= 11 is 0. The summed E-state index contributed by atoms with van der Waals surface area (Å²) in [6, 6.07) is 0. The zero-order valence-electron chi connectivity index (χ0n) is 8.95. The van der Waals surface area contributed by atoms with Crippen LogP contribution in [0.3, 0.4) is 0 Å². The van der Waals surface area contributed by atoms with Gasteiger partial charge in [-0.25, -0.2) is 0 Å². The zero-order valence-corrected chi connectivity index (χ0v) is 8.95. The molecule has 76 valence electrons. The molecule has 0 saturated carbocycles. The summed E-state index contributed by atoms with van der Waals surface area (Å²) in [4.78, 5) is 0. The van der Waals surface area contributed by atoms with Crippen LogP contribution in [0.5, 0.6) is 0 Å². The molecule has 0 spiro atoms. The molecule has 3 rings (SSSR count). The fourth-order valence-corrected chi connectivity index (χ4v) is 2.90. The van der Waals surface area contributed by atoms with E-state index in [4.69, 9.17) is 0 Å². The molecule has 0 heteroatoms. The van der Waals surface area contributed by atoms with Crippen molar-refractivity contribution in [1.82, 2.24) is 0 Å². The normalized spacial score (nSPS) is 32.9. The lowest BCUT2D eigenvalue weighted by Gasteiger charge is -2.34. The summed E-state index contributed by atoms with van der Waals surface area (Å²) in [6.07, 6.45) is 17.2. The summed E-state index contributed by atoms with van der Waals surface area (Å²) in [5.74, 6) is 1.37. The first kappa shape index (κ1) is 8.96. The fraction of sp³-hybridized carbons (Fsp3) is 0.333. The van der Waals surface area contributed by atoms with Gasteiger partial charge in [-0.1, -0.05) is 48.6 Å². The molecule has 0 bridgehead atoms. The number of hydrogen-bond acceptors (Lipinski definition) is 0. The quantitative estimate of drug-likeness (QED) is 0.550. The second-order valence-corrected chi connectivity index (χ2v) is 4.72. The molecule has 0 saturated heterocycles. The van der Waals surface area contributed by atoms with Gasteiger partial charge in [-0.2, -0.15) is 0 Å². The lowest BCUT2D eigenvalue weighted by Crippen LogP contribution is -2.21. The number of allylic oxidation sites excluding steroid dienone is 9. The van der Waals surface area contributed by atoms with Crippen molar-refractivity contribution < 1.29 is 0 Å². The average Bonchev–Trinajstić information content (AvgIpc) is 2.27. The largest absolute Gasteiger partial charge is 0.0952 e. The molecule has 0 fully saturated rings. The minimum Gasteiger partial charge on any atom is -0.0952 e. The minimum absolute atomic E-state index is 0.628. The van der Waals surface area contributed by atoms with Crippen LogP contribution in [0.25, 0.3) is 0 Å². The van der Waals surface area contributed by atoms with Gasteiger partial charge in [-0.3, -0.25) is 0 Å². The highest BCUT2D eigenvalue weighted by Gasteiger charge is 2.29. The Morgan fingerprint density at radius 2 is 2.20 bits per heavy atom. The predicted octanol–water partition coefficient (Wildman–Crippen LogP) is 3.95. The van der Waals surface area contributed by atoms with E-state index in [9.17, 15) is 0 Å². The SMILES string of the molecule is C=C1C=CCC2=CC3=CC=CCC3CC12. The van der Waals surface area contributed by atoms with E-state index in [1.807, 2.05) is 0 Å². The van der Waals surface area contributed by atoms with Crippen molar-refractivity contribution in [2.45, 2.75) is 19.3 Å². The minimum atomic E-state index is 0.628. The summed E-state index contributed by atoms with van der Waals surface area (Å²) in [6.45, 7) is 4.17. The summed E-state index contributed by atoms with van der Waals surface area (Å²) in [7, 11) is 0. The van der Waals surface area contributed by atoms with Gasteiger partial charge >= 0.3 is 0 Å². The fourth-order valence-electron chi connectivity index (χ4n) is 2.90. The lowest BCUT2D eigenvalue weighted by atomic mass is 9.70. The first-order chi connectivity index (χ1) is 7.34. The van der Waals surface area contributed by atoms with E-state index in [1.54, 1.807) is 5.57 Å². The van der Waals surface area contributed by atoms with E-state index < -0.39 is 0 Å². The molecular formula is C15H16. The molecule has 0 nitrogen and oxygen atoms in total. The second kappa shape index (κ2) is 3.37. The summed E-state index contributed by atoms with van der Waals surface area (Å²) in [5, 5.41) is 0.